The number of hydrogen-bond acceptors (Lipinski definition) is 4. The Hall–Kier alpha value is -2.27. The SMILES string of the molecule is CCCc1ncncc1C(=O)N1CCN([C@@H]2CCc3ccccc3C2)CC1. The first-order valence-electron chi connectivity index (χ1n) is 10.1. The molecule has 0 saturated carbocycles. The summed E-state index contributed by atoms with van der Waals surface area (Å²) >= 11 is 0. The highest BCUT2D eigenvalue weighted by atomic mass is 16.2. The number of rotatable bonds is 4. The molecule has 1 atom stereocenters. The third-order valence-corrected chi connectivity index (χ3v) is 5.95. The molecule has 1 saturated heterocycles. The fourth-order valence-electron chi connectivity index (χ4n) is 4.42. The normalized spacial score (nSPS) is 20.3. The van der Waals surface area contributed by atoms with Crippen LogP contribution in [-0.4, -0.2) is 57.9 Å². The molecule has 1 aromatic heterocycles. The van der Waals surface area contributed by atoms with Crippen molar-refractivity contribution in [2.24, 2.45) is 0 Å². The van der Waals surface area contributed by atoms with Crippen LogP contribution in [0.4, 0.5) is 0 Å². The molecule has 2 aliphatic rings. The number of aryl methyl sites for hydroxylation is 2. The van der Waals surface area contributed by atoms with Crippen LogP contribution < -0.4 is 0 Å². The largest absolute Gasteiger partial charge is 0.336 e. The van der Waals surface area contributed by atoms with Crippen molar-refractivity contribution in [3.8, 4) is 0 Å². The number of fused-ring (bicyclic) bond motifs is 1. The fourth-order valence-corrected chi connectivity index (χ4v) is 4.42. The summed E-state index contributed by atoms with van der Waals surface area (Å²) in [5.41, 5.74) is 4.57. The molecule has 1 amide bonds. The molecule has 27 heavy (non-hydrogen) atoms. The van der Waals surface area contributed by atoms with Crippen LogP contribution in [0.5, 0.6) is 0 Å². The Morgan fingerprint density at radius 1 is 1.15 bits per heavy atom. The van der Waals surface area contributed by atoms with Crippen molar-refractivity contribution in [2.75, 3.05) is 26.2 Å². The van der Waals surface area contributed by atoms with Gasteiger partial charge in [0.2, 0.25) is 0 Å². The molecule has 0 spiro atoms. The quantitative estimate of drug-likeness (QED) is 0.837. The minimum atomic E-state index is 0.0905. The van der Waals surface area contributed by atoms with Gasteiger partial charge in [-0.2, -0.15) is 0 Å². The Morgan fingerprint density at radius 3 is 2.70 bits per heavy atom. The van der Waals surface area contributed by atoms with E-state index < -0.39 is 0 Å². The summed E-state index contributed by atoms with van der Waals surface area (Å²) in [6, 6.07) is 9.43. The Morgan fingerprint density at radius 2 is 1.93 bits per heavy atom. The highest BCUT2D eigenvalue weighted by molar-refractivity contribution is 5.95. The summed E-state index contributed by atoms with van der Waals surface area (Å²) < 4.78 is 0. The van der Waals surface area contributed by atoms with Crippen molar-refractivity contribution in [3.05, 3.63) is 59.2 Å². The van der Waals surface area contributed by atoms with E-state index in [1.165, 1.54) is 24.0 Å². The van der Waals surface area contributed by atoms with Gasteiger partial charge in [-0.3, -0.25) is 9.69 Å². The zero-order valence-electron chi connectivity index (χ0n) is 16.1. The van der Waals surface area contributed by atoms with Crippen molar-refractivity contribution in [2.45, 2.75) is 45.1 Å². The van der Waals surface area contributed by atoms with Crippen molar-refractivity contribution < 1.29 is 4.79 Å². The van der Waals surface area contributed by atoms with Gasteiger partial charge in [0, 0.05) is 38.4 Å². The summed E-state index contributed by atoms with van der Waals surface area (Å²) in [5, 5.41) is 0. The van der Waals surface area contributed by atoms with Gasteiger partial charge in [-0.05, 0) is 36.8 Å². The minimum absolute atomic E-state index is 0.0905. The number of nitrogens with zero attached hydrogens (tertiary/aromatic N) is 4. The number of piperazine rings is 1. The van der Waals surface area contributed by atoms with Gasteiger partial charge in [-0.15, -0.1) is 0 Å². The molecule has 2 heterocycles. The smallest absolute Gasteiger partial charge is 0.257 e. The second-order valence-corrected chi connectivity index (χ2v) is 7.63. The molecule has 1 aromatic carbocycles. The number of carbonyl (C=O) groups is 1. The minimum Gasteiger partial charge on any atom is -0.336 e. The summed E-state index contributed by atoms with van der Waals surface area (Å²) in [6.45, 7) is 5.59. The van der Waals surface area contributed by atoms with Gasteiger partial charge in [-0.25, -0.2) is 9.97 Å². The zero-order valence-corrected chi connectivity index (χ0v) is 16.1. The molecule has 0 radical (unpaired) electrons. The average molecular weight is 364 g/mol. The van der Waals surface area contributed by atoms with Gasteiger partial charge in [-0.1, -0.05) is 37.6 Å². The van der Waals surface area contributed by atoms with E-state index >= 15 is 0 Å². The third kappa shape index (κ3) is 3.88. The van der Waals surface area contributed by atoms with Gasteiger partial charge in [0.05, 0.1) is 11.3 Å². The predicted molar refractivity (Wildman–Crippen MR) is 106 cm³/mol. The Balaban J connectivity index is 1.38. The van der Waals surface area contributed by atoms with Gasteiger partial charge in [0.1, 0.15) is 6.33 Å². The molecular formula is C22H28N4O. The van der Waals surface area contributed by atoms with Gasteiger partial charge in [0.25, 0.3) is 5.91 Å². The molecule has 1 aliphatic carbocycles. The molecule has 2 aromatic rings. The number of carbonyl (C=O) groups excluding carboxylic acids is 1. The van der Waals surface area contributed by atoms with Crippen LogP contribution in [0.2, 0.25) is 0 Å². The van der Waals surface area contributed by atoms with Crippen molar-refractivity contribution in [1.29, 1.82) is 0 Å². The summed E-state index contributed by atoms with van der Waals surface area (Å²) in [7, 11) is 0. The number of benzene rings is 1. The van der Waals surface area contributed by atoms with E-state index in [1.807, 2.05) is 4.90 Å². The molecule has 0 bridgehead atoms. The van der Waals surface area contributed by atoms with E-state index in [9.17, 15) is 4.79 Å². The Labute approximate surface area is 161 Å². The topological polar surface area (TPSA) is 49.3 Å². The lowest BCUT2D eigenvalue weighted by Crippen LogP contribution is -2.53. The number of aromatic nitrogens is 2. The van der Waals surface area contributed by atoms with Crippen molar-refractivity contribution in [3.63, 3.8) is 0 Å². The lowest BCUT2D eigenvalue weighted by Gasteiger charge is -2.41. The van der Waals surface area contributed by atoms with Crippen LogP contribution in [0.15, 0.2) is 36.8 Å². The maximum absolute atomic E-state index is 13.0. The van der Waals surface area contributed by atoms with Crippen molar-refractivity contribution >= 4 is 5.91 Å². The molecule has 0 unspecified atom stereocenters. The molecule has 1 fully saturated rings. The van der Waals surface area contributed by atoms with E-state index in [0.29, 0.717) is 11.6 Å². The van der Waals surface area contributed by atoms with E-state index in [0.717, 1.165) is 51.1 Å². The lowest BCUT2D eigenvalue weighted by molar-refractivity contribution is 0.0551. The van der Waals surface area contributed by atoms with Gasteiger partial charge >= 0.3 is 0 Å². The first kappa shape index (κ1) is 18.1. The van der Waals surface area contributed by atoms with Crippen LogP contribution in [0.25, 0.3) is 0 Å². The van der Waals surface area contributed by atoms with E-state index in [-0.39, 0.29) is 5.91 Å². The van der Waals surface area contributed by atoms with Crippen LogP contribution in [-0.2, 0) is 19.3 Å². The average Bonchev–Trinajstić information content (AvgIpc) is 2.74. The second kappa shape index (κ2) is 8.17. The monoisotopic (exact) mass is 364 g/mol. The summed E-state index contributed by atoms with van der Waals surface area (Å²) in [4.78, 5) is 25.9. The standard InChI is InChI=1S/C22H28N4O/c1-2-5-21-20(15-23-16-24-21)22(27)26-12-10-25(11-13-26)19-9-8-17-6-3-4-7-18(17)14-19/h3-4,6-7,15-16,19H,2,5,8-14H2,1H3/t19-/m1/s1. The van der Waals surface area contributed by atoms with Gasteiger partial charge < -0.3 is 4.90 Å². The molecular weight excluding hydrogens is 336 g/mol. The first-order chi connectivity index (χ1) is 13.3. The molecule has 5 heteroatoms. The number of hydrogen-bond donors (Lipinski definition) is 0. The maximum Gasteiger partial charge on any atom is 0.257 e. The molecule has 142 valence electrons. The third-order valence-electron chi connectivity index (χ3n) is 5.95. The van der Waals surface area contributed by atoms with Crippen LogP contribution in [0.1, 0.15) is 46.9 Å². The second-order valence-electron chi connectivity index (χ2n) is 7.63. The van der Waals surface area contributed by atoms with Crippen molar-refractivity contribution in [1.82, 2.24) is 19.8 Å². The number of amides is 1. The molecule has 4 rings (SSSR count). The molecule has 5 nitrogen and oxygen atoms in total. The highest BCUT2D eigenvalue weighted by Gasteiger charge is 2.29. The summed E-state index contributed by atoms with van der Waals surface area (Å²) in [6.07, 6.45) is 8.56. The van der Waals surface area contributed by atoms with E-state index in [4.69, 9.17) is 0 Å². The van der Waals surface area contributed by atoms with E-state index in [2.05, 4.69) is 46.1 Å². The molecule has 1 aliphatic heterocycles. The first-order valence-corrected chi connectivity index (χ1v) is 10.1. The van der Waals surface area contributed by atoms with Crippen LogP contribution >= 0.6 is 0 Å². The zero-order chi connectivity index (χ0) is 18.6. The highest BCUT2D eigenvalue weighted by Crippen LogP contribution is 2.25. The Bertz CT molecular complexity index is 798. The predicted octanol–water partition coefficient (Wildman–Crippen LogP) is 2.74. The van der Waals surface area contributed by atoms with Crippen LogP contribution in [0.3, 0.4) is 0 Å². The van der Waals surface area contributed by atoms with Crippen LogP contribution in [0, 0.1) is 0 Å². The molecule has 0 N–H and O–H groups in total. The van der Waals surface area contributed by atoms with Gasteiger partial charge in [0.15, 0.2) is 0 Å². The summed E-state index contributed by atoms with van der Waals surface area (Å²) in [5.74, 6) is 0.0905. The Kier molecular flexibility index (Phi) is 5.48. The van der Waals surface area contributed by atoms with E-state index in [1.54, 1.807) is 12.5 Å². The lowest BCUT2D eigenvalue weighted by atomic mass is 9.87. The maximum atomic E-state index is 13.0. The fraction of sp³-hybridized carbons (Fsp3) is 0.500.